The lowest BCUT2D eigenvalue weighted by molar-refractivity contribution is 0.796. The van der Waals surface area contributed by atoms with Gasteiger partial charge in [0.2, 0.25) is 0 Å². The zero-order chi connectivity index (χ0) is 14.1. The average Bonchev–Trinajstić information content (AvgIpc) is 2.84. The molecule has 1 aromatic heterocycles. The minimum Gasteiger partial charge on any atom is -0.324 e. The Bertz CT molecular complexity index is 759. The lowest BCUT2D eigenvalue weighted by Crippen LogP contribution is -1.97. The Hall–Kier alpha value is -1.80. The van der Waals surface area contributed by atoms with Gasteiger partial charge < -0.3 is 4.57 Å². The van der Waals surface area contributed by atoms with Crippen LogP contribution in [0, 0.1) is 6.92 Å². The van der Waals surface area contributed by atoms with Crippen molar-refractivity contribution in [3.8, 4) is 11.4 Å². The summed E-state index contributed by atoms with van der Waals surface area (Å²) >= 11 is 5.93. The monoisotopic (exact) mass is 284 g/mol. The molecule has 2 nitrogen and oxygen atoms in total. The standard InChI is InChI=1S/C17H17ClN2/c1-3-20-16-8-7-12(2)9-15(16)19-17(20)14-6-4-5-13(10-14)11-18/h4-10H,3,11H2,1-2H3. The summed E-state index contributed by atoms with van der Waals surface area (Å²) < 4.78 is 2.25. The molecule has 0 bridgehead atoms. The molecule has 3 aromatic rings. The van der Waals surface area contributed by atoms with E-state index in [9.17, 15) is 0 Å². The van der Waals surface area contributed by atoms with Gasteiger partial charge in [0.05, 0.1) is 11.0 Å². The van der Waals surface area contributed by atoms with Crippen LogP contribution >= 0.6 is 11.6 Å². The van der Waals surface area contributed by atoms with Crippen LogP contribution in [0.15, 0.2) is 42.5 Å². The number of hydrogen-bond acceptors (Lipinski definition) is 1. The number of benzene rings is 2. The van der Waals surface area contributed by atoms with Gasteiger partial charge in [0.1, 0.15) is 5.82 Å². The Morgan fingerprint density at radius 3 is 2.75 bits per heavy atom. The molecule has 3 heteroatoms. The molecule has 0 aliphatic carbocycles. The number of fused-ring (bicyclic) bond motifs is 1. The first-order chi connectivity index (χ1) is 9.72. The van der Waals surface area contributed by atoms with E-state index in [0.717, 1.165) is 29.0 Å². The van der Waals surface area contributed by atoms with Gasteiger partial charge in [0, 0.05) is 18.0 Å². The Labute approximate surface area is 124 Å². The maximum Gasteiger partial charge on any atom is 0.141 e. The van der Waals surface area contributed by atoms with Crippen LogP contribution in [-0.4, -0.2) is 9.55 Å². The lowest BCUT2D eigenvalue weighted by Gasteiger charge is -2.07. The van der Waals surface area contributed by atoms with Crippen LogP contribution < -0.4 is 0 Å². The second-order valence-electron chi connectivity index (χ2n) is 5.01. The largest absolute Gasteiger partial charge is 0.324 e. The predicted molar refractivity (Wildman–Crippen MR) is 85.1 cm³/mol. The van der Waals surface area contributed by atoms with E-state index < -0.39 is 0 Å². The third-order valence-electron chi connectivity index (χ3n) is 3.56. The molecule has 0 saturated heterocycles. The van der Waals surface area contributed by atoms with Crippen molar-refractivity contribution >= 4 is 22.6 Å². The molecule has 0 unspecified atom stereocenters. The molecule has 0 aliphatic heterocycles. The van der Waals surface area contributed by atoms with Crippen LogP contribution in [0.2, 0.25) is 0 Å². The van der Waals surface area contributed by atoms with Crippen molar-refractivity contribution in [1.82, 2.24) is 9.55 Å². The molecule has 102 valence electrons. The molecule has 20 heavy (non-hydrogen) atoms. The number of halogens is 1. The van der Waals surface area contributed by atoms with Crippen molar-refractivity contribution in [3.63, 3.8) is 0 Å². The molecule has 0 radical (unpaired) electrons. The van der Waals surface area contributed by atoms with Crippen LogP contribution in [0.4, 0.5) is 0 Å². The first-order valence-corrected chi connectivity index (χ1v) is 7.38. The molecule has 0 atom stereocenters. The second-order valence-corrected chi connectivity index (χ2v) is 5.27. The number of aryl methyl sites for hydroxylation is 2. The first-order valence-electron chi connectivity index (χ1n) is 6.85. The van der Waals surface area contributed by atoms with E-state index in [2.05, 4.69) is 48.7 Å². The zero-order valence-corrected chi connectivity index (χ0v) is 12.5. The Kier molecular flexibility index (Phi) is 3.49. The fraction of sp³-hybridized carbons (Fsp3) is 0.235. The SMILES string of the molecule is CCn1c(-c2cccc(CCl)c2)nc2cc(C)ccc21. The van der Waals surface area contributed by atoms with Crippen LogP contribution in [0.1, 0.15) is 18.1 Å². The van der Waals surface area contributed by atoms with Crippen molar-refractivity contribution in [3.05, 3.63) is 53.6 Å². The highest BCUT2D eigenvalue weighted by atomic mass is 35.5. The summed E-state index contributed by atoms with van der Waals surface area (Å²) in [4.78, 5) is 4.81. The lowest BCUT2D eigenvalue weighted by atomic mass is 10.1. The number of nitrogens with zero attached hydrogens (tertiary/aromatic N) is 2. The number of alkyl halides is 1. The van der Waals surface area contributed by atoms with Crippen LogP contribution in [-0.2, 0) is 12.4 Å². The summed E-state index contributed by atoms with van der Waals surface area (Å²) in [6, 6.07) is 14.7. The first kappa shape index (κ1) is 13.2. The maximum absolute atomic E-state index is 5.93. The Morgan fingerprint density at radius 1 is 1.15 bits per heavy atom. The van der Waals surface area contributed by atoms with Crippen molar-refractivity contribution in [2.24, 2.45) is 0 Å². The molecule has 0 fully saturated rings. The summed E-state index contributed by atoms with van der Waals surface area (Å²) in [7, 11) is 0. The molecule has 1 heterocycles. The molecular weight excluding hydrogens is 268 g/mol. The van der Waals surface area contributed by atoms with Crippen molar-refractivity contribution in [2.75, 3.05) is 0 Å². The molecule has 2 aromatic carbocycles. The number of imidazole rings is 1. The van der Waals surface area contributed by atoms with E-state index in [1.165, 1.54) is 11.1 Å². The van der Waals surface area contributed by atoms with E-state index in [4.69, 9.17) is 16.6 Å². The van der Waals surface area contributed by atoms with E-state index in [-0.39, 0.29) is 0 Å². The molecular formula is C17H17ClN2. The highest BCUT2D eigenvalue weighted by Gasteiger charge is 2.11. The van der Waals surface area contributed by atoms with E-state index >= 15 is 0 Å². The highest BCUT2D eigenvalue weighted by molar-refractivity contribution is 6.17. The van der Waals surface area contributed by atoms with Gasteiger partial charge in [-0.3, -0.25) is 0 Å². The zero-order valence-electron chi connectivity index (χ0n) is 11.7. The molecule has 0 saturated carbocycles. The minimum absolute atomic E-state index is 0.527. The van der Waals surface area contributed by atoms with Gasteiger partial charge in [-0.2, -0.15) is 0 Å². The fourth-order valence-corrected chi connectivity index (χ4v) is 2.74. The molecule has 3 rings (SSSR count). The van der Waals surface area contributed by atoms with Crippen molar-refractivity contribution in [2.45, 2.75) is 26.3 Å². The van der Waals surface area contributed by atoms with E-state index in [1.807, 2.05) is 12.1 Å². The summed E-state index contributed by atoms with van der Waals surface area (Å²) in [5.74, 6) is 1.54. The van der Waals surface area contributed by atoms with Gasteiger partial charge in [-0.25, -0.2) is 4.98 Å². The average molecular weight is 285 g/mol. The summed E-state index contributed by atoms with van der Waals surface area (Å²) in [6.45, 7) is 5.15. The molecule has 0 aliphatic rings. The van der Waals surface area contributed by atoms with Gasteiger partial charge in [-0.1, -0.05) is 24.3 Å². The number of aromatic nitrogens is 2. The Morgan fingerprint density at radius 2 is 2.00 bits per heavy atom. The van der Waals surface area contributed by atoms with Gasteiger partial charge in [-0.15, -0.1) is 11.6 Å². The van der Waals surface area contributed by atoms with Crippen LogP contribution in [0.25, 0.3) is 22.4 Å². The normalized spacial score (nSPS) is 11.2. The van der Waals surface area contributed by atoms with Gasteiger partial charge >= 0.3 is 0 Å². The van der Waals surface area contributed by atoms with Crippen molar-refractivity contribution in [1.29, 1.82) is 0 Å². The van der Waals surface area contributed by atoms with Crippen LogP contribution in [0.5, 0.6) is 0 Å². The topological polar surface area (TPSA) is 17.8 Å². The summed E-state index contributed by atoms with van der Waals surface area (Å²) in [5, 5.41) is 0. The third-order valence-corrected chi connectivity index (χ3v) is 3.87. The van der Waals surface area contributed by atoms with Gasteiger partial charge in [0.25, 0.3) is 0 Å². The number of hydrogen-bond donors (Lipinski definition) is 0. The van der Waals surface area contributed by atoms with Crippen LogP contribution in [0.3, 0.4) is 0 Å². The molecule has 0 spiro atoms. The van der Waals surface area contributed by atoms with Gasteiger partial charge in [-0.05, 0) is 43.2 Å². The Balaban J connectivity index is 2.24. The van der Waals surface area contributed by atoms with Gasteiger partial charge in [0.15, 0.2) is 0 Å². The molecule has 0 amide bonds. The summed E-state index contributed by atoms with van der Waals surface area (Å²) in [5.41, 5.74) is 5.72. The van der Waals surface area contributed by atoms with Crippen molar-refractivity contribution < 1.29 is 0 Å². The maximum atomic E-state index is 5.93. The van der Waals surface area contributed by atoms with E-state index in [1.54, 1.807) is 0 Å². The fourth-order valence-electron chi connectivity index (χ4n) is 2.57. The molecule has 0 N–H and O–H groups in total. The third kappa shape index (κ3) is 2.20. The predicted octanol–water partition coefficient (Wildman–Crippen LogP) is 4.77. The quantitative estimate of drug-likeness (QED) is 0.634. The van der Waals surface area contributed by atoms with E-state index in [0.29, 0.717) is 5.88 Å². The minimum atomic E-state index is 0.527. The smallest absolute Gasteiger partial charge is 0.141 e. The second kappa shape index (κ2) is 5.29. The number of rotatable bonds is 3. The highest BCUT2D eigenvalue weighted by Crippen LogP contribution is 2.26. The summed E-state index contributed by atoms with van der Waals surface area (Å²) in [6.07, 6.45) is 0.